The molecule has 0 radical (unpaired) electrons. The first kappa shape index (κ1) is 22.0. The van der Waals surface area contributed by atoms with Crippen molar-refractivity contribution in [1.82, 2.24) is 20.1 Å². The molecule has 2 aromatic carbocycles. The number of nitrogens with one attached hydrogen (secondary N) is 1. The molecule has 0 aliphatic rings. The summed E-state index contributed by atoms with van der Waals surface area (Å²) < 4.78 is 26.7. The Bertz CT molecular complexity index is 1260. The molecular weight excluding hydrogens is 423 g/mol. The second kappa shape index (κ2) is 9.95. The van der Waals surface area contributed by atoms with E-state index in [1.54, 1.807) is 60.6 Å². The summed E-state index contributed by atoms with van der Waals surface area (Å²) in [6.45, 7) is 0.721. The number of methoxy groups -OCH3 is 2. The lowest BCUT2D eigenvalue weighted by Crippen LogP contribution is -2.27. The molecule has 0 saturated heterocycles. The lowest BCUT2D eigenvalue weighted by molar-refractivity contribution is 0.0949. The summed E-state index contributed by atoms with van der Waals surface area (Å²) in [7, 11) is 3.05. The van der Waals surface area contributed by atoms with Crippen molar-refractivity contribution in [3.05, 3.63) is 84.6 Å². The number of hydrogen-bond acceptors (Lipinski definition) is 5. The molecule has 0 atom stereocenters. The molecule has 4 aromatic rings. The number of hydrogen-bond donors (Lipinski definition) is 1. The smallest absolute Gasteiger partial charge is 0.255 e. The predicted molar refractivity (Wildman–Crippen MR) is 123 cm³/mol. The van der Waals surface area contributed by atoms with Crippen LogP contribution >= 0.6 is 0 Å². The molecule has 1 amide bonds. The largest absolute Gasteiger partial charge is 0.497 e. The van der Waals surface area contributed by atoms with Crippen LogP contribution in [-0.2, 0) is 6.54 Å². The normalized spacial score (nSPS) is 10.6. The monoisotopic (exact) mass is 446 g/mol. The van der Waals surface area contributed by atoms with Crippen molar-refractivity contribution in [2.75, 3.05) is 20.8 Å². The molecule has 168 valence electrons. The number of rotatable bonds is 8. The topological polar surface area (TPSA) is 78.3 Å². The number of pyridine rings is 1. The molecule has 0 bridgehead atoms. The van der Waals surface area contributed by atoms with Gasteiger partial charge in [0.15, 0.2) is 0 Å². The highest BCUT2D eigenvalue weighted by atomic mass is 19.1. The van der Waals surface area contributed by atoms with Gasteiger partial charge in [0.05, 0.1) is 26.3 Å². The van der Waals surface area contributed by atoms with Gasteiger partial charge in [-0.3, -0.25) is 14.5 Å². The number of carbonyl (C=O) groups excluding carboxylic acids is 1. The first-order valence-electron chi connectivity index (χ1n) is 10.3. The van der Waals surface area contributed by atoms with Gasteiger partial charge in [-0.1, -0.05) is 12.1 Å². The van der Waals surface area contributed by atoms with Gasteiger partial charge in [0.2, 0.25) is 0 Å². The van der Waals surface area contributed by atoms with Gasteiger partial charge in [0.1, 0.15) is 23.0 Å². The standard InChI is InChI=1S/C25H23FN4O3/c1-32-18-7-8-20(23(15-18)33-2)25(31)28-13-14-30-16-21(17-9-11-27-12-10-17)24(29-30)19-5-3-4-6-22(19)26/h3-12,15-16H,13-14H2,1-2H3,(H,28,31). The van der Waals surface area contributed by atoms with E-state index in [0.717, 1.165) is 11.1 Å². The Labute approximate surface area is 190 Å². The fourth-order valence-corrected chi connectivity index (χ4v) is 3.50. The van der Waals surface area contributed by atoms with Gasteiger partial charge >= 0.3 is 0 Å². The Kier molecular flexibility index (Phi) is 6.64. The summed E-state index contributed by atoms with van der Waals surface area (Å²) in [6, 6.07) is 15.2. The Morgan fingerprint density at radius 1 is 1.03 bits per heavy atom. The molecule has 0 fully saturated rings. The van der Waals surface area contributed by atoms with E-state index in [4.69, 9.17) is 9.47 Å². The average Bonchev–Trinajstić information content (AvgIpc) is 3.28. The van der Waals surface area contributed by atoms with Crippen molar-refractivity contribution >= 4 is 5.91 Å². The van der Waals surface area contributed by atoms with Crippen LogP contribution in [0.2, 0.25) is 0 Å². The van der Waals surface area contributed by atoms with Gasteiger partial charge in [-0.05, 0) is 42.0 Å². The summed E-state index contributed by atoms with van der Waals surface area (Å²) in [5.74, 6) is 0.403. The minimum Gasteiger partial charge on any atom is -0.497 e. The van der Waals surface area contributed by atoms with E-state index in [1.165, 1.54) is 13.2 Å². The summed E-state index contributed by atoms with van der Waals surface area (Å²) in [5.41, 5.74) is 3.01. The fourth-order valence-electron chi connectivity index (χ4n) is 3.50. The van der Waals surface area contributed by atoms with E-state index in [1.807, 2.05) is 18.3 Å². The van der Waals surface area contributed by atoms with Crippen molar-refractivity contribution in [3.63, 3.8) is 0 Å². The van der Waals surface area contributed by atoms with E-state index in [-0.39, 0.29) is 11.7 Å². The molecule has 1 N–H and O–H groups in total. The zero-order chi connectivity index (χ0) is 23.2. The maximum Gasteiger partial charge on any atom is 0.255 e. The van der Waals surface area contributed by atoms with Crippen molar-refractivity contribution in [3.8, 4) is 33.9 Å². The second-order valence-corrected chi connectivity index (χ2v) is 7.19. The van der Waals surface area contributed by atoms with E-state index in [0.29, 0.717) is 41.4 Å². The number of nitrogens with zero attached hydrogens (tertiary/aromatic N) is 3. The summed E-state index contributed by atoms with van der Waals surface area (Å²) in [4.78, 5) is 16.7. The van der Waals surface area contributed by atoms with Crippen molar-refractivity contribution in [2.24, 2.45) is 0 Å². The van der Waals surface area contributed by atoms with Crippen molar-refractivity contribution in [2.45, 2.75) is 6.54 Å². The molecule has 7 nitrogen and oxygen atoms in total. The van der Waals surface area contributed by atoms with Gasteiger partial charge in [-0.15, -0.1) is 0 Å². The number of amides is 1. The van der Waals surface area contributed by atoms with Crippen LogP contribution in [0.15, 0.2) is 73.2 Å². The summed E-state index contributed by atoms with van der Waals surface area (Å²) in [6.07, 6.45) is 5.21. The fraction of sp³-hybridized carbons (Fsp3) is 0.160. The quantitative estimate of drug-likeness (QED) is 0.439. The molecule has 0 aliphatic heterocycles. The Morgan fingerprint density at radius 3 is 2.55 bits per heavy atom. The van der Waals surface area contributed by atoms with Gasteiger partial charge in [0, 0.05) is 42.3 Å². The maximum atomic E-state index is 14.5. The highest BCUT2D eigenvalue weighted by molar-refractivity contribution is 5.97. The molecule has 8 heteroatoms. The van der Waals surface area contributed by atoms with Crippen LogP contribution in [-0.4, -0.2) is 41.4 Å². The molecule has 33 heavy (non-hydrogen) atoms. The lowest BCUT2D eigenvalue weighted by Gasteiger charge is -2.11. The molecular formula is C25H23FN4O3. The number of halogens is 1. The SMILES string of the molecule is COc1ccc(C(=O)NCCn2cc(-c3ccncc3)c(-c3ccccc3F)n2)c(OC)c1. The third-order valence-electron chi connectivity index (χ3n) is 5.16. The highest BCUT2D eigenvalue weighted by Gasteiger charge is 2.17. The van der Waals surface area contributed by atoms with E-state index < -0.39 is 0 Å². The van der Waals surface area contributed by atoms with Crippen LogP contribution < -0.4 is 14.8 Å². The van der Waals surface area contributed by atoms with E-state index >= 15 is 0 Å². The molecule has 0 unspecified atom stereocenters. The van der Waals surface area contributed by atoms with Gasteiger partial charge in [0.25, 0.3) is 5.91 Å². The maximum absolute atomic E-state index is 14.5. The molecule has 0 aliphatic carbocycles. The lowest BCUT2D eigenvalue weighted by atomic mass is 10.0. The minimum atomic E-state index is -0.349. The Hall–Kier alpha value is -4.20. The second-order valence-electron chi connectivity index (χ2n) is 7.19. The molecule has 4 rings (SSSR count). The zero-order valence-corrected chi connectivity index (χ0v) is 18.3. The van der Waals surface area contributed by atoms with Gasteiger partial charge in [-0.2, -0.15) is 5.10 Å². The molecule has 0 spiro atoms. The third kappa shape index (κ3) is 4.85. The van der Waals surface area contributed by atoms with Crippen molar-refractivity contribution in [1.29, 1.82) is 0 Å². The van der Waals surface area contributed by atoms with Crippen molar-refractivity contribution < 1.29 is 18.7 Å². The average molecular weight is 446 g/mol. The van der Waals surface area contributed by atoms with E-state index in [2.05, 4.69) is 15.4 Å². The molecule has 0 saturated carbocycles. The number of carbonyl (C=O) groups is 1. The predicted octanol–water partition coefficient (Wildman–Crippen LogP) is 4.20. The van der Waals surface area contributed by atoms with Crippen LogP contribution in [0.3, 0.4) is 0 Å². The molecule has 2 heterocycles. The number of benzene rings is 2. The zero-order valence-electron chi connectivity index (χ0n) is 18.3. The van der Waals surface area contributed by atoms with E-state index in [9.17, 15) is 9.18 Å². The Morgan fingerprint density at radius 2 is 1.82 bits per heavy atom. The summed E-state index contributed by atoms with van der Waals surface area (Å²) >= 11 is 0. The Balaban J connectivity index is 1.54. The third-order valence-corrected chi connectivity index (χ3v) is 5.16. The van der Waals surface area contributed by atoms with Gasteiger partial charge in [-0.25, -0.2) is 4.39 Å². The summed E-state index contributed by atoms with van der Waals surface area (Å²) in [5, 5.41) is 7.48. The first-order chi connectivity index (χ1) is 16.1. The minimum absolute atomic E-state index is 0.273. The first-order valence-corrected chi connectivity index (χ1v) is 10.3. The van der Waals surface area contributed by atoms with Crippen LogP contribution in [0.5, 0.6) is 11.5 Å². The molecule has 2 aromatic heterocycles. The number of ether oxygens (including phenoxy) is 2. The number of aromatic nitrogens is 3. The highest BCUT2D eigenvalue weighted by Crippen LogP contribution is 2.32. The van der Waals surface area contributed by atoms with Crippen LogP contribution in [0, 0.1) is 5.82 Å². The van der Waals surface area contributed by atoms with Crippen LogP contribution in [0.1, 0.15) is 10.4 Å². The van der Waals surface area contributed by atoms with Crippen LogP contribution in [0.4, 0.5) is 4.39 Å². The van der Waals surface area contributed by atoms with Crippen LogP contribution in [0.25, 0.3) is 22.4 Å². The van der Waals surface area contributed by atoms with Gasteiger partial charge < -0.3 is 14.8 Å².